The summed E-state index contributed by atoms with van der Waals surface area (Å²) < 4.78 is 0. The first kappa shape index (κ1) is 6.78. The Balaban J connectivity index is 2.52. The minimum Gasteiger partial charge on any atom is -0.301 e. The first-order valence-corrected chi connectivity index (χ1v) is 3.34. The smallest absolute Gasteiger partial charge is 0.0463 e. The van der Waals surface area contributed by atoms with Gasteiger partial charge < -0.3 is 5.32 Å². The highest BCUT2D eigenvalue weighted by Crippen LogP contribution is 2.03. The molecular weight excluding hydrogens is 112 g/mol. The second-order valence-corrected chi connectivity index (χ2v) is 2.93. The van der Waals surface area contributed by atoms with E-state index in [1.165, 1.54) is 0 Å². The van der Waals surface area contributed by atoms with Crippen LogP contribution in [0.5, 0.6) is 0 Å². The van der Waals surface area contributed by atoms with Crippen LogP contribution in [-0.2, 0) is 0 Å². The van der Waals surface area contributed by atoms with E-state index in [2.05, 4.69) is 36.6 Å². The van der Waals surface area contributed by atoms with Gasteiger partial charge in [-0.3, -0.25) is 5.32 Å². The van der Waals surface area contributed by atoms with Crippen LogP contribution < -0.4 is 10.6 Å². The first-order chi connectivity index (χ1) is 4.21. The van der Waals surface area contributed by atoms with Gasteiger partial charge in [-0.15, -0.1) is 0 Å². The van der Waals surface area contributed by atoms with Crippen molar-refractivity contribution in [3.8, 4) is 0 Å². The van der Waals surface area contributed by atoms with Crippen LogP contribution in [0.15, 0.2) is 12.2 Å². The average Bonchev–Trinajstić information content (AvgIpc) is 1.92. The Kier molecular flexibility index (Phi) is 1.88. The van der Waals surface area contributed by atoms with Gasteiger partial charge >= 0.3 is 0 Å². The molecule has 9 heavy (non-hydrogen) atoms. The van der Waals surface area contributed by atoms with Gasteiger partial charge in [0.15, 0.2) is 0 Å². The van der Waals surface area contributed by atoms with Gasteiger partial charge in [0, 0.05) is 18.8 Å². The maximum atomic E-state index is 3.32. The Bertz CT molecular complexity index is 116. The number of rotatable bonds is 0. The third kappa shape index (κ3) is 2.16. The van der Waals surface area contributed by atoms with Crippen LogP contribution in [0.1, 0.15) is 13.8 Å². The highest BCUT2D eigenvalue weighted by molar-refractivity contribution is 5.03. The van der Waals surface area contributed by atoms with Gasteiger partial charge in [-0.2, -0.15) is 0 Å². The molecule has 0 amide bonds. The van der Waals surface area contributed by atoms with E-state index in [1.807, 2.05) is 0 Å². The zero-order valence-corrected chi connectivity index (χ0v) is 6.07. The maximum Gasteiger partial charge on any atom is 0.0463 e. The van der Waals surface area contributed by atoms with E-state index in [0.717, 1.165) is 13.2 Å². The molecule has 1 rings (SSSR count). The second-order valence-electron chi connectivity index (χ2n) is 2.93. The molecule has 2 heteroatoms. The fourth-order valence-corrected chi connectivity index (χ4v) is 0.858. The number of hydrogen-bond donors (Lipinski definition) is 2. The average molecular weight is 126 g/mol. The minimum absolute atomic E-state index is 0.170. The Labute approximate surface area is 56.3 Å². The molecule has 0 aromatic rings. The van der Waals surface area contributed by atoms with Gasteiger partial charge in [-0.1, -0.05) is 12.2 Å². The van der Waals surface area contributed by atoms with E-state index in [9.17, 15) is 0 Å². The number of nitrogens with one attached hydrogen (secondary N) is 2. The van der Waals surface area contributed by atoms with E-state index in [-0.39, 0.29) is 5.54 Å². The van der Waals surface area contributed by atoms with Crippen molar-refractivity contribution in [1.82, 2.24) is 10.6 Å². The third-order valence-electron chi connectivity index (χ3n) is 1.47. The standard InChI is InChI=1S/C7H14N2/c1-7(2)4-3-5-8-6-9-7/h3-4,8-9H,5-6H2,1-2H3. The highest BCUT2D eigenvalue weighted by atomic mass is 15.1. The van der Waals surface area contributed by atoms with Crippen LogP contribution in [0, 0.1) is 0 Å². The van der Waals surface area contributed by atoms with E-state index in [4.69, 9.17) is 0 Å². The van der Waals surface area contributed by atoms with Crippen LogP contribution in [0.4, 0.5) is 0 Å². The monoisotopic (exact) mass is 126 g/mol. The molecule has 2 N–H and O–H groups in total. The van der Waals surface area contributed by atoms with Crippen molar-refractivity contribution >= 4 is 0 Å². The SMILES string of the molecule is CC1(C)C=CCNCN1. The molecule has 0 saturated heterocycles. The molecule has 1 heterocycles. The summed E-state index contributed by atoms with van der Waals surface area (Å²) in [6.45, 7) is 6.21. The van der Waals surface area contributed by atoms with Crippen molar-refractivity contribution < 1.29 is 0 Å². The molecule has 0 aromatic heterocycles. The van der Waals surface area contributed by atoms with Gasteiger partial charge in [0.25, 0.3) is 0 Å². The summed E-state index contributed by atoms with van der Waals surface area (Å²) in [5.74, 6) is 0. The molecule has 1 aliphatic heterocycles. The van der Waals surface area contributed by atoms with E-state index < -0.39 is 0 Å². The maximum absolute atomic E-state index is 3.32. The first-order valence-electron chi connectivity index (χ1n) is 3.34. The quantitative estimate of drug-likeness (QED) is 0.461. The van der Waals surface area contributed by atoms with Gasteiger partial charge in [-0.25, -0.2) is 0 Å². The van der Waals surface area contributed by atoms with Gasteiger partial charge in [0.2, 0.25) is 0 Å². The topological polar surface area (TPSA) is 24.1 Å². The summed E-state index contributed by atoms with van der Waals surface area (Å²) in [6.07, 6.45) is 4.34. The fraction of sp³-hybridized carbons (Fsp3) is 0.714. The lowest BCUT2D eigenvalue weighted by molar-refractivity contribution is 0.465. The van der Waals surface area contributed by atoms with Crippen LogP contribution in [-0.4, -0.2) is 18.8 Å². The number of hydrogen-bond acceptors (Lipinski definition) is 2. The van der Waals surface area contributed by atoms with Gasteiger partial charge in [0.1, 0.15) is 0 Å². The van der Waals surface area contributed by atoms with Crippen molar-refractivity contribution in [3.05, 3.63) is 12.2 Å². The molecule has 0 unspecified atom stereocenters. The molecule has 0 aliphatic carbocycles. The van der Waals surface area contributed by atoms with Crippen molar-refractivity contribution in [2.24, 2.45) is 0 Å². The van der Waals surface area contributed by atoms with Crippen LogP contribution in [0.2, 0.25) is 0 Å². The van der Waals surface area contributed by atoms with Crippen LogP contribution >= 0.6 is 0 Å². The Morgan fingerprint density at radius 3 is 3.00 bits per heavy atom. The van der Waals surface area contributed by atoms with E-state index in [1.54, 1.807) is 0 Å². The molecule has 1 aliphatic rings. The Morgan fingerprint density at radius 2 is 2.22 bits per heavy atom. The van der Waals surface area contributed by atoms with E-state index in [0.29, 0.717) is 0 Å². The van der Waals surface area contributed by atoms with E-state index >= 15 is 0 Å². The van der Waals surface area contributed by atoms with Crippen LogP contribution in [0.25, 0.3) is 0 Å². The molecule has 0 atom stereocenters. The van der Waals surface area contributed by atoms with Gasteiger partial charge in [0.05, 0.1) is 0 Å². The summed E-state index contributed by atoms with van der Waals surface area (Å²) >= 11 is 0. The lowest BCUT2D eigenvalue weighted by Crippen LogP contribution is -2.40. The summed E-state index contributed by atoms with van der Waals surface area (Å²) in [7, 11) is 0. The Hall–Kier alpha value is -0.340. The predicted octanol–water partition coefficient (Wildman–Crippen LogP) is 0.471. The van der Waals surface area contributed by atoms with Crippen molar-refractivity contribution in [2.75, 3.05) is 13.2 Å². The van der Waals surface area contributed by atoms with Gasteiger partial charge in [-0.05, 0) is 13.8 Å². The normalized spacial score (nSPS) is 25.6. The predicted molar refractivity (Wildman–Crippen MR) is 39.2 cm³/mol. The molecule has 2 nitrogen and oxygen atoms in total. The molecule has 0 radical (unpaired) electrons. The summed E-state index contributed by atoms with van der Waals surface area (Å²) in [5, 5.41) is 6.53. The highest BCUT2D eigenvalue weighted by Gasteiger charge is 2.12. The molecule has 52 valence electrons. The largest absolute Gasteiger partial charge is 0.301 e. The third-order valence-corrected chi connectivity index (χ3v) is 1.47. The summed E-state index contributed by atoms with van der Waals surface area (Å²) in [6, 6.07) is 0. The lowest BCUT2D eigenvalue weighted by Gasteiger charge is -2.19. The summed E-state index contributed by atoms with van der Waals surface area (Å²) in [4.78, 5) is 0. The lowest BCUT2D eigenvalue weighted by atomic mass is 10.1. The van der Waals surface area contributed by atoms with Crippen molar-refractivity contribution in [3.63, 3.8) is 0 Å². The molecular formula is C7H14N2. The van der Waals surface area contributed by atoms with Crippen molar-refractivity contribution in [1.29, 1.82) is 0 Å². The minimum atomic E-state index is 0.170. The zero-order valence-electron chi connectivity index (χ0n) is 6.07. The molecule has 0 saturated carbocycles. The molecule has 0 fully saturated rings. The molecule has 0 bridgehead atoms. The summed E-state index contributed by atoms with van der Waals surface area (Å²) in [5.41, 5.74) is 0.170. The Morgan fingerprint density at radius 1 is 1.44 bits per heavy atom. The molecule has 0 spiro atoms. The second kappa shape index (κ2) is 2.50. The molecule has 0 aromatic carbocycles. The van der Waals surface area contributed by atoms with Crippen LogP contribution in [0.3, 0.4) is 0 Å². The zero-order chi connectivity index (χ0) is 6.74. The van der Waals surface area contributed by atoms with Crippen molar-refractivity contribution in [2.45, 2.75) is 19.4 Å². The fourth-order valence-electron chi connectivity index (χ4n) is 0.858.